The Morgan fingerprint density at radius 1 is 1.45 bits per heavy atom. The van der Waals surface area contributed by atoms with E-state index in [2.05, 4.69) is 4.74 Å². The lowest BCUT2D eigenvalue weighted by Crippen LogP contribution is -2.32. The summed E-state index contributed by atoms with van der Waals surface area (Å²) in [5.41, 5.74) is 5.14. The van der Waals surface area contributed by atoms with Gasteiger partial charge in [0.2, 0.25) is 0 Å². The number of hydrogen-bond donors (Lipinski definition) is 1. The van der Waals surface area contributed by atoms with E-state index in [1.165, 1.54) is 19.2 Å². The summed E-state index contributed by atoms with van der Waals surface area (Å²) in [4.78, 5) is 21.9. The Hall–Kier alpha value is -2.15. The maximum absolute atomic E-state index is 11.5. The highest BCUT2D eigenvalue weighted by Crippen LogP contribution is 2.30. The highest BCUT2D eigenvalue weighted by Gasteiger charge is 2.30. The van der Waals surface area contributed by atoms with Crippen molar-refractivity contribution in [2.75, 3.05) is 13.7 Å². The van der Waals surface area contributed by atoms with E-state index in [1.54, 1.807) is 19.9 Å². The fourth-order valence-electron chi connectivity index (χ4n) is 1.55. The molecule has 0 aliphatic carbocycles. The first-order valence-electron chi connectivity index (χ1n) is 6.00. The molecule has 20 heavy (non-hydrogen) atoms. The number of nitrogens with two attached hydrogens (primary N) is 1. The molecular formula is C13H18N2O5. The fraction of sp³-hybridized carbons (Fsp3) is 0.462. The molecule has 0 spiro atoms. The molecule has 7 nitrogen and oxygen atoms in total. The molecular weight excluding hydrogens is 264 g/mol. The Balaban J connectivity index is 2.96. The highest BCUT2D eigenvalue weighted by atomic mass is 16.6. The standard InChI is InChI=1S/C13H18N2O5/c1-13(2,12(16)19-3)8-20-11-6-9(7-14)4-5-10(11)15(17)18/h4-6H,7-8,14H2,1-3H3. The minimum Gasteiger partial charge on any atom is -0.486 e. The first kappa shape index (κ1) is 15.9. The maximum atomic E-state index is 11.5. The molecule has 0 aliphatic rings. The second kappa shape index (κ2) is 6.33. The predicted molar refractivity (Wildman–Crippen MR) is 72.3 cm³/mol. The van der Waals surface area contributed by atoms with E-state index >= 15 is 0 Å². The van der Waals surface area contributed by atoms with Crippen LogP contribution in [-0.4, -0.2) is 24.6 Å². The van der Waals surface area contributed by atoms with Gasteiger partial charge < -0.3 is 15.2 Å². The molecule has 0 bridgehead atoms. The van der Waals surface area contributed by atoms with Crippen LogP contribution in [0.4, 0.5) is 5.69 Å². The average Bonchev–Trinajstić information content (AvgIpc) is 2.43. The van der Waals surface area contributed by atoms with Crippen LogP contribution >= 0.6 is 0 Å². The van der Waals surface area contributed by atoms with Crippen LogP contribution in [0.2, 0.25) is 0 Å². The van der Waals surface area contributed by atoms with Crippen LogP contribution < -0.4 is 10.5 Å². The summed E-state index contributed by atoms with van der Waals surface area (Å²) in [6.45, 7) is 3.48. The molecule has 1 aromatic rings. The summed E-state index contributed by atoms with van der Waals surface area (Å²) in [5, 5.41) is 10.9. The van der Waals surface area contributed by atoms with E-state index in [0.29, 0.717) is 5.56 Å². The predicted octanol–water partition coefficient (Wildman–Crippen LogP) is 1.63. The van der Waals surface area contributed by atoms with Crippen molar-refractivity contribution in [3.8, 4) is 5.75 Å². The summed E-state index contributed by atoms with van der Waals surface area (Å²) in [6.07, 6.45) is 0. The van der Waals surface area contributed by atoms with Gasteiger partial charge in [-0.2, -0.15) is 0 Å². The number of methoxy groups -OCH3 is 1. The third-order valence-electron chi connectivity index (χ3n) is 2.78. The SMILES string of the molecule is COC(=O)C(C)(C)COc1cc(CN)ccc1[N+](=O)[O-]. The molecule has 0 amide bonds. The van der Waals surface area contributed by atoms with E-state index in [4.69, 9.17) is 10.5 Å². The van der Waals surface area contributed by atoms with Gasteiger partial charge in [0.15, 0.2) is 5.75 Å². The molecule has 0 radical (unpaired) electrons. The number of hydrogen-bond acceptors (Lipinski definition) is 6. The number of esters is 1. The Morgan fingerprint density at radius 3 is 2.60 bits per heavy atom. The fourth-order valence-corrected chi connectivity index (χ4v) is 1.55. The van der Waals surface area contributed by atoms with Crippen molar-refractivity contribution in [1.29, 1.82) is 0 Å². The third kappa shape index (κ3) is 3.67. The zero-order valence-corrected chi connectivity index (χ0v) is 11.7. The number of carbonyl (C=O) groups excluding carboxylic acids is 1. The second-order valence-electron chi connectivity index (χ2n) is 4.93. The monoisotopic (exact) mass is 282 g/mol. The number of nitrogens with zero attached hydrogens (tertiary/aromatic N) is 1. The number of nitro benzene ring substituents is 1. The van der Waals surface area contributed by atoms with E-state index in [0.717, 1.165) is 0 Å². The summed E-state index contributed by atoms with van der Waals surface area (Å²) in [7, 11) is 1.28. The van der Waals surface area contributed by atoms with Gasteiger partial charge in [0.1, 0.15) is 6.61 Å². The lowest BCUT2D eigenvalue weighted by Gasteiger charge is -2.21. The highest BCUT2D eigenvalue weighted by molar-refractivity contribution is 5.75. The summed E-state index contributed by atoms with van der Waals surface area (Å²) < 4.78 is 10.1. The van der Waals surface area contributed by atoms with Crippen molar-refractivity contribution in [2.24, 2.45) is 11.1 Å². The Kier molecular flexibility index (Phi) is 5.04. The van der Waals surface area contributed by atoms with Gasteiger partial charge >= 0.3 is 11.7 Å². The summed E-state index contributed by atoms with van der Waals surface area (Å²) >= 11 is 0. The molecule has 0 aromatic heterocycles. The van der Waals surface area contributed by atoms with Gasteiger partial charge in [-0.25, -0.2) is 0 Å². The van der Waals surface area contributed by atoms with Gasteiger partial charge in [0, 0.05) is 12.6 Å². The van der Waals surface area contributed by atoms with Crippen molar-refractivity contribution < 1.29 is 19.2 Å². The van der Waals surface area contributed by atoms with Crippen LogP contribution in [0.25, 0.3) is 0 Å². The number of carbonyl (C=O) groups is 1. The van der Waals surface area contributed by atoms with Crippen molar-refractivity contribution in [3.63, 3.8) is 0 Å². The maximum Gasteiger partial charge on any atom is 0.314 e. The zero-order valence-electron chi connectivity index (χ0n) is 11.7. The first-order chi connectivity index (χ1) is 9.31. The molecule has 0 heterocycles. The van der Waals surface area contributed by atoms with E-state index in [1.807, 2.05) is 0 Å². The van der Waals surface area contributed by atoms with E-state index in [9.17, 15) is 14.9 Å². The van der Waals surface area contributed by atoms with Crippen LogP contribution in [0.5, 0.6) is 5.75 Å². The molecule has 0 fully saturated rings. The van der Waals surface area contributed by atoms with Crippen LogP contribution in [-0.2, 0) is 16.1 Å². The Morgan fingerprint density at radius 2 is 2.10 bits per heavy atom. The lowest BCUT2D eigenvalue weighted by atomic mass is 9.95. The second-order valence-corrected chi connectivity index (χ2v) is 4.93. The largest absolute Gasteiger partial charge is 0.486 e. The molecule has 0 atom stereocenters. The number of nitro groups is 1. The molecule has 0 unspecified atom stereocenters. The molecule has 7 heteroatoms. The minimum atomic E-state index is -0.901. The van der Waals surface area contributed by atoms with Gasteiger partial charge in [0.25, 0.3) is 0 Å². The smallest absolute Gasteiger partial charge is 0.314 e. The van der Waals surface area contributed by atoms with Gasteiger partial charge in [-0.1, -0.05) is 6.07 Å². The average molecular weight is 282 g/mol. The van der Waals surface area contributed by atoms with Gasteiger partial charge in [-0.3, -0.25) is 14.9 Å². The van der Waals surface area contributed by atoms with Crippen LogP contribution in [0.1, 0.15) is 19.4 Å². The Labute approximate surface area is 116 Å². The molecule has 1 rings (SSSR count). The molecule has 1 aromatic carbocycles. The van der Waals surface area contributed by atoms with Gasteiger partial charge in [-0.05, 0) is 25.5 Å². The minimum absolute atomic E-state index is 0.0332. The molecule has 0 saturated heterocycles. The van der Waals surface area contributed by atoms with E-state index < -0.39 is 16.3 Å². The normalized spacial score (nSPS) is 11.0. The summed E-state index contributed by atoms with van der Waals surface area (Å²) in [6, 6.07) is 4.41. The number of ether oxygens (including phenoxy) is 2. The van der Waals surface area contributed by atoms with E-state index in [-0.39, 0.29) is 24.6 Å². The van der Waals surface area contributed by atoms with Crippen molar-refractivity contribution in [2.45, 2.75) is 20.4 Å². The zero-order chi connectivity index (χ0) is 15.3. The number of benzene rings is 1. The van der Waals surface area contributed by atoms with Crippen LogP contribution in [0.3, 0.4) is 0 Å². The molecule has 0 aliphatic heterocycles. The van der Waals surface area contributed by atoms with Crippen molar-refractivity contribution in [3.05, 3.63) is 33.9 Å². The van der Waals surface area contributed by atoms with Crippen molar-refractivity contribution >= 4 is 11.7 Å². The molecule has 2 N–H and O–H groups in total. The molecule has 0 saturated carbocycles. The summed E-state index contributed by atoms with van der Waals surface area (Å²) in [5.74, 6) is -0.356. The topological polar surface area (TPSA) is 105 Å². The van der Waals surface area contributed by atoms with Crippen LogP contribution in [0, 0.1) is 15.5 Å². The molecule has 110 valence electrons. The first-order valence-corrected chi connectivity index (χ1v) is 6.00. The Bertz CT molecular complexity index is 513. The van der Waals surface area contributed by atoms with Crippen LogP contribution in [0.15, 0.2) is 18.2 Å². The van der Waals surface area contributed by atoms with Gasteiger partial charge in [-0.15, -0.1) is 0 Å². The number of rotatable bonds is 6. The van der Waals surface area contributed by atoms with Crippen molar-refractivity contribution in [1.82, 2.24) is 0 Å². The lowest BCUT2D eigenvalue weighted by molar-refractivity contribution is -0.386. The third-order valence-corrected chi connectivity index (χ3v) is 2.78. The quantitative estimate of drug-likeness (QED) is 0.483. The van der Waals surface area contributed by atoms with Gasteiger partial charge in [0.05, 0.1) is 17.4 Å².